The van der Waals surface area contributed by atoms with Gasteiger partial charge in [0.25, 0.3) is 5.56 Å². The molecule has 0 N–H and O–H groups in total. The Bertz CT molecular complexity index is 1060. The van der Waals surface area contributed by atoms with Crippen molar-refractivity contribution in [2.45, 2.75) is 0 Å². The van der Waals surface area contributed by atoms with Gasteiger partial charge in [-0.3, -0.25) is 4.79 Å². The highest BCUT2D eigenvalue weighted by Gasteiger charge is 2.21. The summed E-state index contributed by atoms with van der Waals surface area (Å²) in [7, 11) is 1.70. The molecule has 0 unspecified atom stereocenters. The fourth-order valence-electron chi connectivity index (χ4n) is 3.22. The van der Waals surface area contributed by atoms with Crippen LogP contribution in [0.4, 0.5) is 11.5 Å². The normalized spacial score (nSPS) is 14.5. The number of rotatable bonds is 2. The minimum Gasteiger partial charge on any atom is -0.368 e. The highest BCUT2D eigenvalue weighted by molar-refractivity contribution is 5.81. The van der Waals surface area contributed by atoms with Crippen molar-refractivity contribution in [1.29, 1.82) is 5.26 Å². The van der Waals surface area contributed by atoms with E-state index in [4.69, 9.17) is 0 Å². The van der Waals surface area contributed by atoms with E-state index in [-0.39, 0.29) is 5.56 Å². The molecule has 0 atom stereocenters. The molecular weight excluding hydrogens is 330 g/mol. The van der Waals surface area contributed by atoms with Gasteiger partial charge in [0.15, 0.2) is 5.82 Å². The third-order valence-electron chi connectivity index (χ3n) is 4.67. The molecule has 3 aromatic rings. The van der Waals surface area contributed by atoms with Crippen LogP contribution in [0, 0.1) is 11.3 Å². The zero-order valence-electron chi connectivity index (χ0n) is 14.3. The molecule has 1 aliphatic heterocycles. The van der Waals surface area contributed by atoms with Gasteiger partial charge in [-0.1, -0.05) is 0 Å². The minimum absolute atomic E-state index is 0.0435. The van der Waals surface area contributed by atoms with Crippen LogP contribution in [0.5, 0.6) is 0 Å². The van der Waals surface area contributed by atoms with Crippen molar-refractivity contribution in [2.75, 3.05) is 36.0 Å². The molecule has 1 fully saturated rings. The summed E-state index contributed by atoms with van der Waals surface area (Å²) in [6.07, 6.45) is 3.08. The maximum Gasteiger partial charge on any atom is 0.260 e. The lowest BCUT2D eigenvalue weighted by atomic mass is 10.2. The van der Waals surface area contributed by atoms with Gasteiger partial charge in [0.1, 0.15) is 6.07 Å². The summed E-state index contributed by atoms with van der Waals surface area (Å²) in [4.78, 5) is 20.8. The highest BCUT2D eigenvalue weighted by atomic mass is 16.1. The number of hydrogen-bond donors (Lipinski definition) is 0. The maximum absolute atomic E-state index is 12.1. The lowest BCUT2D eigenvalue weighted by molar-refractivity contribution is 0.643. The fraction of sp³-hybridized carbons (Fsp3) is 0.278. The molecule has 3 heterocycles. The van der Waals surface area contributed by atoms with Crippen LogP contribution in [0.2, 0.25) is 0 Å². The van der Waals surface area contributed by atoms with Gasteiger partial charge in [0.2, 0.25) is 0 Å². The number of nitrogens with zero attached hydrogens (tertiary/aromatic N) is 7. The van der Waals surface area contributed by atoms with Crippen LogP contribution in [-0.2, 0) is 7.05 Å². The van der Waals surface area contributed by atoms with E-state index < -0.39 is 0 Å². The topological polar surface area (TPSA) is 90.9 Å². The molecule has 0 radical (unpaired) electrons. The molecule has 0 aliphatic carbocycles. The van der Waals surface area contributed by atoms with Gasteiger partial charge in [-0.2, -0.15) is 10.4 Å². The van der Waals surface area contributed by atoms with Gasteiger partial charge in [-0.15, -0.1) is 5.10 Å². The molecule has 1 aliphatic rings. The predicted octanol–water partition coefficient (Wildman–Crippen LogP) is 0.922. The monoisotopic (exact) mass is 347 g/mol. The van der Waals surface area contributed by atoms with Crippen molar-refractivity contribution >= 4 is 22.4 Å². The van der Waals surface area contributed by atoms with Crippen molar-refractivity contribution in [1.82, 2.24) is 19.7 Å². The summed E-state index contributed by atoms with van der Waals surface area (Å²) in [5.41, 5.74) is 2.24. The maximum atomic E-state index is 12.1. The number of aromatic nitrogens is 4. The van der Waals surface area contributed by atoms with Crippen LogP contribution in [-0.4, -0.2) is 45.9 Å². The van der Waals surface area contributed by atoms with E-state index in [1.165, 1.54) is 10.8 Å². The lowest BCUT2D eigenvalue weighted by Crippen LogP contribution is -2.47. The highest BCUT2D eigenvalue weighted by Crippen LogP contribution is 2.23. The van der Waals surface area contributed by atoms with Gasteiger partial charge in [0.05, 0.1) is 29.0 Å². The van der Waals surface area contributed by atoms with Crippen LogP contribution in [0.25, 0.3) is 10.9 Å². The summed E-state index contributed by atoms with van der Waals surface area (Å²) >= 11 is 0. The van der Waals surface area contributed by atoms with E-state index in [9.17, 15) is 10.1 Å². The lowest BCUT2D eigenvalue weighted by Gasteiger charge is -2.36. The number of nitriles is 1. The van der Waals surface area contributed by atoms with Crippen LogP contribution >= 0.6 is 0 Å². The SMILES string of the molecule is Cn1cnc2cc(N3CCN(c4nnccc4C#N)CC3)ccc2c1=O. The number of hydrogen-bond acceptors (Lipinski definition) is 7. The average molecular weight is 347 g/mol. The molecule has 8 nitrogen and oxygen atoms in total. The first-order chi connectivity index (χ1) is 12.7. The first-order valence-electron chi connectivity index (χ1n) is 8.34. The molecule has 4 rings (SSSR count). The minimum atomic E-state index is -0.0435. The molecule has 0 bridgehead atoms. The Labute approximate surface area is 149 Å². The van der Waals surface area contributed by atoms with E-state index in [0.717, 1.165) is 31.9 Å². The van der Waals surface area contributed by atoms with Crippen molar-refractivity contribution in [3.63, 3.8) is 0 Å². The second kappa shape index (κ2) is 6.44. The zero-order valence-corrected chi connectivity index (χ0v) is 14.3. The molecule has 130 valence electrons. The van der Waals surface area contributed by atoms with Crippen LogP contribution in [0.1, 0.15) is 5.56 Å². The van der Waals surface area contributed by atoms with Gasteiger partial charge >= 0.3 is 0 Å². The Hall–Kier alpha value is -3.47. The summed E-state index contributed by atoms with van der Waals surface area (Å²) < 4.78 is 1.48. The Kier molecular flexibility index (Phi) is 3.97. The summed E-state index contributed by atoms with van der Waals surface area (Å²) in [6, 6.07) is 9.61. The standard InChI is InChI=1S/C18H17N7O/c1-23-12-20-16-10-14(2-3-15(16)18(23)26)24-6-8-25(9-7-24)17-13(11-19)4-5-21-22-17/h2-5,10,12H,6-9H2,1H3. The Balaban J connectivity index is 1.55. The van der Waals surface area contributed by atoms with Crippen molar-refractivity contribution < 1.29 is 0 Å². The summed E-state index contributed by atoms with van der Waals surface area (Å²) in [5.74, 6) is 0.637. The second-order valence-electron chi connectivity index (χ2n) is 6.22. The number of anilines is 2. The number of fused-ring (bicyclic) bond motifs is 1. The largest absolute Gasteiger partial charge is 0.368 e. The molecule has 1 aromatic carbocycles. The zero-order chi connectivity index (χ0) is 18.1. The second-order valence-corrected chi connectivity index (χ2v) is 6.22. The van der Waals surface area contributed by atoms with Gasteiger partial charge < -0.3 is 14.4 Å². The predicted molar refractivity (Wildman–Crippen MR) is 98.2 cm³/mol. The fourth-order valence-corrected chi connectivity index (χ4v) is 3.22. The van der Waals surface area contributed by atoms with Crippen LogP contribution < -0.4 is 15.4 Å². The first-order valence-corrected chi connectivity index (χ1v) is 8.34. The summed E-state index contributed by atoms with van der Waals surface area (Å²) in [6.45, 7) is 3.07. The number of benzene rings is 1. The third kappa shape index (κ3) is 2.73. The van der Waals surface area contributed by atoms with Gasteiger partial charge in [-0.25, -0.2) is 4.98 Å². The Morgan fingerprint density at radius 3 is 2.65 bits per heavy atom. The average Bonchev–Trinajstić information content (AvgIpc) is 2.70. The summed E-state index contributed by atoms with van der Waals surface area (Å²) in [5, 5.41) is 17.9. The van der Waals surface area contributed by atoms with Crippen LogP contribution in [0.3, 0.4) is 0 Å². The van der Waals surface area contributed by atoms with E-state index in [1.807, 2.05) is 18.2 Å². The molecule has 0 spiro atoms. The molecule has 8 heteroatoms. The molecule has 2 aromatic heterocycles. The molecule has 0 saturated carbocycles. The van der Waals surface area contributed by atoms with Crippen molar-refractivity contribution in [3.05, 3.63) is 52.7 Å². The first kappa shape index (κ1) is 16.0. The number of aryl methyl sites for hydroxylation is 1. The van der Waals surface area contributed by atoms with E-state index in [2.05, 4.69) is 31.1 Å². The molecule has 1 saturated heterocycles. The number of piperazine rings is 1. The smallest absolute Gasteiger partial charge is 0.260 e. The van der Waals surface area contributed by atoms with Crippen molar-refractivity contribution in [2.24, 2.45) is 7.05 Å². The molecule has 26 heavy (non-hydrogen) atoms. The van der Waals surface area contributed by atoms with Crippen LogP contribution in [0.15, 0.2) is 41.6 Å². The third-order valence-corrected chi connectivity index (χ3v) is 4.67. The van der Waals surface area contributed by atoms with E-state index >= 15 is 0 Å². The van der Waals surface area contributed by atoms with E-state index in [1.54, 1.807) is 19.4 Å². The molecule has 0 amide bonds. The quantitative estimate of drug-likeness (QED) is 0.681. The van der Waals surface area contributed by atoms with Gasteiger partial charge in [0, 0.05) is 38.9 Å². The van der Waals surface area contributed by atoms with Gasteiger partial charge in [-0.05, 0) is 24.3 Å². The van der Waals surface area contributed by atoms with Crippen molar-refractivity contribution in [3.8, 4) is 6.07 Å². The Morgan fingerprint density at radius 2 is 1.88 bits per heavy atom. The molecular formula is C18H17N7O. The van der Waals surface area contributed by atoms with E-state index in [0.29, 0.717) is 22.3 Å². The Morgan fingerprint density at radius 1 is 1.12 bits per heavy atom.